The van der Waals surface area contributed by atoms with Crippen LogP contribution in [-0.2, 0) is 13.0 Å². The van der Waals surface area contributed by atoms with Gasteiger partial charge in [0.25, 0.3) is 0 Å². The molecule has 142 valence electrons. The number of nitrogens with zero attached hydrogens (tertiary/aromatic N) is 6. The minimum Gasteiger partial charge on any atom is -0.318 e. The van der Waals surface area contributed by atoms with Gasteiger partial charge in [-0.25, -0.2) is 19.0 Å². The van der Waals surface area contributed by atoms with E-state index in [4.69, 9.17) is 5.73 Å². The van der Waals surface area contributed by atoms with Crippen molar-refractivity contribution in [3.63, 3.8) is 0 Å². The number of rotatable bonds is 6. The summed E-state index contributed by atoms with van der Waals surface area (Å²) in [5, 5.41) is 8.44. The quantitative estimate of drug-likeness (QED) is 0.555. The van der Waals surface area contributed by atoms with Crippen molar-refractivity contribution in [3.8, 4) is 0 Å². The Kier molecular flexibility index (Phi) is 5.03. The van der Waals surface area contributed by atoms with Crippen molar-refractivity contribution < 1.29 is 4.39 Å². The van der Waals surface area contributed by atoms with Gasteiger partial charge in [0.1, 0.15) is 11.6 Å². The van der Waals surface area contributed by atoms with E-state index >= 15 is 0 Å². The average Bonchev–Trinajstić information content (AvgIpc) is 3.12. The van der Waals surface area contributed by atoms with E-state index in [1.807, 2.05) is 18.2 Å². The molecule has 0 bridgehead atoms. The molecule has 0 saturated heterocycles. The van der Waals surface area contributed by atoms with Crippen LogP contribution in [0.2, 0.25) is 0 Å². The van der Waals surface area contributed by atoms with Gasteiger partial charge in [-0.1, -0.05) is 36.4 Å². The van der Waals surface area contributed by atoms with E-state index in [2.05, 4.69) is 32.2 Å². The smallest absolute Gasteiger partial charge is 0.182 e. The number of benzene rings is 1. The lowest BCUT2D eigenvalue weighted by atomic mass is 10.1. The van der Waals surface area contributed by atoms with Crippen LogP contribution in [0.5, 0.6) is 0 Å². The average molecular weight is 377 g/mol. The highest BCUT2D eigenvalue weighted by molar-refractivity contribution is 5.73. The Morgan fingerprint density at radius 2 is 1.93 bits per heavy atom. The molecular formula is C20H20FN7. The molecule has 7 nitrogen and oxygen atoms in total. The molecule has 0 spiro atoms. The van der Waals surface area contributed by atoms with Crippen LogP contribution in [0.15, 0.2) is 48.7 Å². The molecule has 1 unspecified atom stereocenters. The van der Waals surface area contributed by atoms with E-state index in [-0.39, 0.29) is 12.4 Å². The lowest BCUT2D eigenvalue weighted by Crippen LogP contribution is -2.17. The number of hydrogen-bond acceptors (Lipinski definition) is 6. The fourth-order valence-electron chi connectivity index (χ4n) is 3.07. The molecule has 0 radical (unpaired) electrons. The maximum Gasteiger partial charge on any atom is 0.182 e. The van der Waals surface area contributed by atoms with Crippen LogP contribution in [0.25, 0.3) is 11.2 Å². The number of halogens is 1. The molecular weight excluding hydrogens is 357 g/mol. The Labute approximate surface area is 161 Å². The van der Waals surface area contributed by atoms with Gasteiger partial charge in [-0.15, -0.1) is 5.10 Å². The van der Waals surface area contributed by atoms with Gasteiger partial charge in [0.15, 0.2) is 11.2 Å². The molecule has 2 N–H and O–H groups in total. The first-order valence-corrected chi connectivity index (χ1v) is 9.17. The third-order valence-electron chi connectivity index (χ3n) is 4.49. The molecule has 4 aromatic rings. The fraction of sp³-hybridized carbons (Fsp3) is 0.250. The van der Waals surface area contributed by atoms with E-state index < -0.39 is 6.04 Å². The van der Waals surface area contributed by atoms with E-state index in [0.717, 1.165) is 6.42 Å². The summed E-state index contributed by atoms with van der Waals surface area (Å²) in [6, 6.07) is 11.6. The third-order valence-corrected chi connectivity index (χ3v) is 4.49. The second kappa shape index (κ2) is 7.77. The summed E-state index contributed by atoms with van der Waals surface area (Å²) in [7, 11) is 0. The summed E-state index contributed by atoms with van der Waals surface area (Å²) >= 11 is 0. The zero-order valence-corrected chi connectivity index (χ0v) is 15.5. The maximum atomic E-state index is 14.1. The zero-order chi connectivity index (χ0) is 19.5. The molecule has 3 aromatic heterocycles. The molecule has 4 rings (SSSR count). The zero-order valence-electron chi connectivity index (χ0n) is 15.5. The predicted octanol–water partition coefficient (Wildman–Crippen LogP) is 2.80. The monoisotopic (exact) mass is 377 g/mol. The molecule has 28 heavy (non-hydrogen) atoms. The van der Waals surface area contributed by atoms with Crippen molar-refractivity contribution in [2.45, 2.75) is 32.4 Å². The van der Waals surface area contributed by atoms with E-state index in [0.29, 0.717) is 40.4 Å². The van der Waals surface area contributed by atoms with Crippen LogP contribution in [0.3, 0.4) is 0 Å². The van der Waals surface area contributed by atoms with E-state index in [1.165, 1.54) is 6.07 Å². The Bertz CT molecular complexity index is 1090. The number of hydrogen-bond donors (Lipinski definition) is 1. The lowest BCUT2D eigenvalue weighted by molar-refractivity contribution is 0.581. The third kappa shape index (κ3) is 3.46. The largest absolute Gasteiger partial charge is 0.318 e. The first-order chi connectivity index (χ1) is 13.7. The van der Waals surface area contributed by atoms with Gasteiger partial charge < -0.3 is 5.73 Å². The Morgan fingerprint density at radius 3 is 2.68 bits per heavy atom. The summed E-state index contributed by atoms with van der Waals surface area (Å²) in [6.07, 6.45) is 3.27. The van der Waals surface area contributed by atoms with Crippen molar-refractivity contribution >= 4 is 11.2 Å². The van der Waals surface area contributed by atoms with E-state index in [1.54, 1.807) is 29.1 Å². The first-order valence-electron chi connectivity index (χ1n) is 9.17. The van der Waals surface area contributed by atoms with Gasteiger partial charge in [0.2, 0.25) is 0 Å². The number of aromatic nitrogens is 6. The molecule has 0 fully saturated rings. The summed E-state index contributed by atoms with van der Waals surface area (Å²) in [4.78, 5) is 13.6. The summed E-state index contributed by atoms with van der Waals surface area (Å²) in [6.45, 7) is 2.28. The van der Waals surface area contributed by atoms with E-state index in [9.17, 15) is 4.39 Å². The molecule has 1 aromatic carbocycles. The highest BCUT2D eigenvalue weighted by Crippen LogP contribution is 2.23. The fourth-order valence-corrected chi connectivity index (χ4v) is 3.07. The summed E-state index contributed by atoms with van der Waals surface area (Å²) in [5.74, 6) is 0.368. The number of nitrogens with two attached hydrogens (primary N) is 1. The van der Waals surface area contributed by atoms with Gasteiger partial charge in [0, 0.05) is 18.2 Å². The first kappa shape index (κ1) is 18.1. The minimum atomic E-state index is -0.555. The molecule has 0 saturated carbocycles. The van der Waals surface area contributed by atoms with Crippen molar-refractivity contribution in [2.75, 3.05) is 0 Å². The Morgan fingerprint density at radius 1 is 1.11 bits per heavy atom. The van der Waals surface area contributed by atoms with Crippen LogP contribution in [-0.4, -0.2) is 29.9 Å². The van der Waals surface area contributed by atoms with Gasteiger partial charge in [-0.2, -0.15) is 0 Å². The predicted molar refractivity (Wildman–Crippen MR) is 103 cm³/mol. The lowest BCUT2D eigenvalue weighted by Gasteiger charge is -2.12. The molecule has 3 heterocycles. The number of pyridine rings is 1. The van der Waals surface area contributed by atoms with Crippen molar-refractivity contribution in [3.05, 3.63) is 77.3 Å². The van der Waals surface area contributed by atoms with Crippen molar-refractivity contribution in [1.29, 1.82) is 0 Å². The van der Waals surface area contributed by atoms with Crippen LogP contribution >= 0.6 is 0 Å². The van der Waals surface area contributed by atoms with Crippen LogP contribution in [0.1, 0.15) is 42.2 Å². The van der Waals surface area contributed by atoms with Gasteiger partial charge in [-0.3, -0.25) is 4.98 Å². The molecule has 0 aliphatic heterocycles. The highest BCUT2D eigenvalue weighted by Gasteiger charge is 2.21. The second-order valence-corrected chi connectivity index (χ2v) is 6.52. The molecule has 8 heteroatoms. The van der Waals surface area contributed by atoms with Gasteiger partial charge in [-0.05, 0) is 24.6 Å². The second-order valence-electron chi connectivity index (χ2n) is 6.52. The number of aryl methyl sites for hydroxylation is 1. The van der Waals surface area contributed by atoms with Gasteiger partial charge in [0.05, 0.1) is 24.0 Å². The highest BCUT2D eigenvalue weighted by atomic mass is 19.1. The standard InChI is InChI=1S/C20H20FN7/c1-2-7-16-24-18(17(22)15-10-5-6-11-23-15)19-20(25-16)28(27-26-19)12-13-8-3-4-9-14(13)21/h3-6,8-11,17H,2,7,12,22H2,1H3. The Hall–Kier alpha value is -3.26. The van der Waals surface area contributed by atoms with Crippen molar-refractivity contribution in [2.24, 2.45) is 5.73 Å². The maximum absolute atomic E-state index is 14.1. The van der Waals surface area contributed by atoms with Crippen LogP contribution in [0, 0.1) is 5.82 Å². The SMILES string of the molecule is CCCc1nc(C(N)c2ccccn2)c2nnn(Cc3ccccc3F)c2n1. The molecule has 0 amide bonds. The van der Waals surface area contributed by atoms with Gasteiger partial charge >= 0.3 is 0 Å². The number of fused-ring (bicyclic) bond motifs is 1. The molecule has 0 aliphatic carbocycles. The van der Waals surface area contributed by atoms with Crippen molar-refractivity contribution in [1.82, 2.24) is 29.9 Å². The van der Waals surface area contributed by atoms with Crippen LogP contribution < -0.4 is 5.73 Å². The minimum absolute atomic E-state index is 0.226. The van der Waals surface area contributed by atoms with Crippen LogP contribution in [0.4, 0.5) is 4.39 Å². The molecule has 1 atom stereocenters. The Balaban J connectivity index is 1.82. The topological polar surface area (TPSA) is 95.4 Å². The summed E-state index contributed by atoms with van der Waals surface area (Å²) in [5.41, 5.74) is 9.28. The molecule has 0 aliphatic rings. The normalized spacial score (nSPS) is 12.4. The summed E-state index contributed by atoms with van der Waals surface area (Å²) < 4.78 is 15.7.